The number of hydrogen-bond donors (Lipinski definition) is 1. The van der Waals surface area contributed by atoms with Crippen LogP contribution in [0, 0.1) is 12.8 Å². The molecule has 0 spiro atoms. The van der Waals surface area contributed by atoms with Gasteiger partial charge in [-0.1, -0.05) is 32.9 Å². The number of nitrogens with one attached hydrogen (secondary N) is 1. The summed E-state index contributed by atoms with van der Waals surface area (Å²) >= 11 is 0. The molecular formula is C21H28N4O2. The van der Waals surface area contributed by atoms with Crippen LogP contribution < -0.4 is 5.32 Å². The highest BCUT2D eigenvalue weighted by molar-refractivity contribution is 5.93. The monoisotopic (exact) mass is 368 g/mol. The van der Waals surface area contributed by atoms with Gasteiger partial charge in [-0.15, -0.1) is 0 Å². The number of aryl methyl sites for hydroxylation is 1. The molecule has 1 atom stereocenters. The summed E-state index contributed by atoms with van der Waals surface area (Å²) in [6.07, 6.45) is 0.691. The number of benzene rings is 1. The molecule has 1 aliphatic heterocycles. The Morgan fingerprint density at radius 2 is 1.96 bits per heavy atom. The fourth-order valence-corrected chi connectivity index (χ4v) is 3.28. The van der Waals surface area contributed by atoms with Crippen molar-refractivity contribution in [3.63, 3.8) is 0 Å². The van der Waals surface area contributed by atoms with Crippen LogP contribution in [0.2, 0.25) is 0 Å². The number of carbonyl (C=O) groups is 2. The number of anilines is 1. The Balaban J connectivity index is 1.89. The van der Waals surface area contributed by atoms with E-state index in [-0.39, 0.29) is 23.1 Å². The molecule has 0 radical (unpaired) electrons. The van der Waals surface area contributed by atoms with Crippen LogP contribution in [-0.2, 0) is 15.0 Å². The number of amides is 2. The molecule has 0 aliphatic carbocycles. The van der Waals surface area contributed by atoms with Gasteiger partial charge in [-0.25, -0.2) is 4.68 Å². The maximum atomic E-state index is 12.8. The minimum absolute atomic E-state index is 0.0186. The minimum atomic E-state index is -0.187. The van der Waals surface area contributed by atoms with E-state index in [1.54, 1.807) is 16.5 Å². The molecule has 27 heavy (non-hydrogen) atoms. The highest BCUT2D eigenvalue weighted by Gasteiger charge is 2.30. The Hall–Kier alpha value is -2.63. The van der Waals surface area contributed by atoms with Gasteiger partial charge in [-0.2, -0.15) is 5.10 Å². The molecule has 2 amide bonds. The van der Waals surface area contributed by atoms with Gasteiger partial charge in [-0.3, -0.25) is 9.59 Å². The van der Waals surface area contributed by atoms with Gasteiger partial charge in [0.25, 0.3) is 0 Å². The Morgan fingerprint density at radius 3 is 2.56 bits per heavy atom. The van der Waals surface area contributed by atoms with Gasteiger partial charge in [0.15, 0.2) is 0 Å². The van der Waals surface area contributed by atoms with Gasteiger partial charge in [-0.05, 0) is 31.0 Å². The molecule has 1 aliphatic rings. The van der Waals surface area contributed by atoms with Gasteiger partial charge < -0.3 is 10.2 Å². The van der Waals surface area contributed by atoms with Crippen LogP contribution in [0.4, 0.5) is 5.82 Å². The van der Waals surface area contributed by atoms with Gasteiger partial charge in [0.2, 0.25) is 11.8 Å². The van der Waals surface area contributed by atoms with Crippen molar-refractivity contribution in [3.05, 3.63) is 41.6 Å². The summed E-state index contributed by atoms with van der Waals surface area (Å²) in [6.45, 7) is 11.0. The first-order chi connectivity index (χ1) is 12.6. The first kappa shape index (κ1) is 19.1. The third-order valence-electron chi connectivity index (χ3n) is 4.98. The van der Waals surface area contributed by atoms with E-state index < -0.39 is 0 Å². The smallest absolute Gasteiger partial charge is 0.230 e. The van der Waals surface area contributed by atoms with Crippen LogP contribution in [0.3, 0.4) is 0 Å². The van der Waals surface area contributed by atoms with Crippen LogP contribution in [-0.4, -0.2) is 39.6 Å². The molecule has 1 unspecified atom stereocenters. The van der Waals surface area contributed by atoms with E-state index in [1.807, 2.05) is 37.3 Å². The van der Waals surface area contributed by atoms with Gasteiger partial charge in [0, 0.05) is 31.5 Å². The molecule has 1 aromatic carbocycles. The average molecular weight is 368 g/mol. The lowest BCUT2D eigenvalue weighted by Crippen LogP contribution is -2.30. The Labute approximate surface area is 160 Å². The van der Waals surface area contributed by atoms with Gasteiger partial charge >= 0.3 is 0 Å². The van der Waals surface area contributed by atoms with Gasteiger partial charge in [0.05, 0.1) is 17.3 Å². The summed E-state index contributed by atoms with van der Waals surface area (Å²) in [5.74, 6) is 0.433. The lowest BCUT2D eigenvalue weighted by Gasteiger charge is -2.14. The van der Waals surface area contributed by atoms with Crippen LogP contribution in [0.25, 0.3) is 5.69 Å². The molecule has 2 heterocycles. The van der Waals surface area contributed by atoms with Crippen LogP contribution in [0.15, 0.2) is 30.3 Å². The van der Waals surface area contributed by atoms with Crippen molar-refractivity contribution in [3.8, 4) is 5.69 Å². The van der Waals surface area contributed by atoms with Crippen LogP contribution in [0.5, 0.6) is 0 Å². The SMILES string of the molecule is CC(=O)N1CCC(C(=O)Nc2cc(C(C)(C)C)nn2-c2cccc(C)c2)C1. The van der Waals surface area contributed by atoms with E-state index in [4.69, 9.17) is 5.10 Å². The Morgan fingerprint density at radius 1 is 1.22 bits per heavy atom. The molecule has 0 bridgehead atoms. The molecule has 6 nitrogen and oxygen atoms in total. The molecule has 0 saturated carbocycles. The van der Waals surface area contributed by atoms with Crippen molar-refractivity contribution in [2.75, 3.05) is 18.4 Å². The molecule has 3 rings (SSSR count). The Kier molecular flexibility index (Phi) is 5.09. The molecule has 1 fully saturated rings. The zero-order valence-electron chi connectivity index (χ0n) is 16.7. The normalized spacial score (nSPS) is 17.2. The lowest BCUT2D eigenvalue weighted by atomic mass is 9.92. The topological polar surface area (TPSA) is 67.2 Å². The fraction of sp³-hybridized carbons (Fsp3) is 0.476. The molecule has 1 aromatic heterocycles. The van der Waals surface area contributed by atoms with Crippen LogP contribution >= 0.6 is 0 Å². The molecule has 1 saturated heterocycles. The molecule has 1 N–H and O–H groups in total. The molecule has 144 valence electrons. The second-order valence-electron chi connectivity index (χ2n) is 8.36. The van der Waals surface area contributed by atoms with Crippen molar-refractivity contribution < 1.29 is 9.59 Å². The van der Waals surface area contributed by atoms with E-state index in [0.717, 1.165) is 16.9 Å². The molecule has 2 aromatic rings. The number of likely N-dealkylation sites (tertiary alicyclic amines) is 1. The highest BCUT2D eigenvalue weighted by atomic mass is 16.2. The summed E-state index contributed by atoms with van der Waals surface area (Å²) in [7, 11) is 0. The summed E-state index contributed by atoms with van der Waals surface area (Å²) in [5.41, 5.74) is 2.83. The third-order valence-corrected chi connectivity index (χ3v) is 4.98. The maximum Gasteiger partial charge on any atom is 0.230 e. The first-order valence-corrected chi connectivity index (χ1v) is 9.39. The summed E-state index contributed by atoms with van der Waals surface area (Å²) in [5, 5.41) is 7.80. The van der Waals surface area contributed by atoms with Crippen molar-refractivity contribution in [1.82, 2.24) is 14.7 Å². The van der Waals surface area contributed by atoms with E-state index in [1.165, 1.54) is 0 Å². The number of nitrogens with zero attached hydrogens (tertiary/aromatic N) is 3. The number of carbonyl (C=O) groups excluding carboxylic acids is 2. The summed E-state index contributed by atoms with van der Waals surface area (Å²) < 4.78 is 1.79. The van der Waals surface area contributed by atoms with E-state index in [2.05, 4.69) is 26.1 Å². The predicted molar refractivity (Wildman–Crippen MR) is 106 cm³/mol. The number of aromatic nitrogens is 2. The Bertz CT molecular complexity index is 863. The highest BCUT2D eigenvalue weighted by Crippen LogP contribution is 2.27. The summed E-state index contributed by atoms with van der Waals surface area (Å²) in [6, 6.07) is 9.98. The number of rotatable bonds is 3. The van der Waals surface area contributed by atoms with E-state index in [0.29, 0.717) is 25.3 Å². The van der Waals surface area contributed by atoms with E-state index >= 15 is 0 Å². The lowest BCUT2D eigenvalue weighted by molar-refractivity contribution is -0.128. The second-order valence-corrected chi connectivity index (χ2v) is 8.36. The number of hydrogen-bond acceptors (Lipinski definition) is 3. The third kappa shape index (κ3) is 4.21. The van der Waals surface area contributed by atoms with Gasteiger partial charge in [0.1, 0.15) is 5.82 Å². The van der Waals surface area contributed by atoms with Crippen LogP contribution in [0.1, 0.15) is 45.4 Å². The fourth-order valence-electron chi connectivity index (χ4n) is 3.28. The minimum Gasteiger partial charge on any atom is -0.342 e. The van der Waals surface area contributed by atoms with Crippen molar-refractivity contribution in [2.45, 2.75) is 46.5 Å². The maximum absolute atomic E-state index is 12.8. The van der Waals surface area contributed by atoms with Crippen molar-refractivity contribution in [2.24, 2.45) is 5.92 Å². The largest absolute Gasteiger partial charge is 0.342 e. The van der Waals surface area contributed by atoms with Crippen molar-refractivity contribution in [1.29, 1.82) is 0 Å². The zero-order valence-corrected chi connectivity index (χ0v) is 16.7. The second kappa shape index (κ2) is 7.18. The first-order valence-electron chi connectivity index (χ1n) is 9.39. The molecule has 6 heteroatoms. The predicted octanol–water partition coefficient (Wildman–Crippen LogP) is 3.29. The molecular weight excluding hydrogens is 340 g/mol. The average Bonchev–Trinajstić information content (AvgIpc) is 3.21. The van der Waals surface area contributed by atoms with Crippen molar-refractivity contribution >= 4 is 17.6 Å². The standard InChI is InChI=1S/C21H28N4O2/c1-14-7-6-8-17(11-14)25-19(12-18(23-25)21(3,4)5)22-20(27)16-9-10-24(13-16)15(2)26/h6-8,11-12,16H,9-10,13H2,1-5H3,(H,22,27). The quantitative estimate of drug-likeness (QED) is 0.904. The zero-order chi connectivity index (χ0) is 19.8. The summed E-state index contributed by atoms with van der Waals surface area (Å²) in [4.78, 5) is 26.1. The van der Waals surface area contributed by atoms with E-state index in [9.17, 15) is 9.59 Å².